The van der Waals surface area contributed by atoms with Crippen molar-refractivity contribution < 1.29 is 0 Å². The lowest BCUT2D eigenvalue weighted by Crippen LogP contribution is -2.20. The predicted molar refractivity (Wildman–Crippen MR) is 73.3 cm³/mol. The Morgan fingerprint density at radius 1 is 1.32 bits per heavy atom. The Bertz CT molecular complexity index is 567. The molecular weight excluding hydrogens is 240 g/mol. The van der Waals surface area contributed by atoms with Crippen LogP contribution in [0.5, 0.6) is 0 Å². The number of hydrogen-bond donors (Lipinski definition) is 2. The van der Waals surface area contributed by atoms with Crippen LogP contribution in [-0.4, -0.2) is 26.0 Å². The summed E-state index contributed by atoms with van der Waals surface area (Å²) in [6, 6.07) is 4.11. The van der Waals surface area contributed by atoms with Gasteiger partial charge < -0.3 is 11.1 Å². The molecule has 3 N–H and O–H groups in total. The van der Waals surface area contributed by atoms with E-state index in [1.165, 1.54) is 12.8 Å². The van der Waals surface area contributed by atoms with E-state index in [0.717, 1.165) is 11.5 Å². The fraction of sp³-hybridized carbons (Fsp3) is 0.385. The third-order valence-corrected chi connectivity index (χ3v) is 3.26. The lowest BCUT2D eigenvalue weighted by Gasteiger charge is -2.13. The predicted octanol–water partition coefficient (Wildman–Crippen LogP) is 1.73. The maximum atomic E-state index is 5.74. The zero-order valence-corrected chi connectivity index (χ0v) is 10.7. The third kappa shape index (κ3) is 2.78. The quantitative estimate of drug-likeness (QED) is 0.865. The molecule has 98 valence electrons. The number of pyridine rings is 1. The number of hydrogen-bond acceptors (Lipinski definition) is 6. The van der Waals surface area contributed by atoms with Crippen LogP contribution in [0.4, 0.5) is 11.9 Å². The summed E-state index contributed by atoms with van der Waals surface area (Å²) >= 11 is 0. The molecule has 3 rings (SSSR count). The highest BCUT2D eigenvalue weighted by molar-refractivity contribution is 5.56. The lowest BCUT2D eigenvalue weighted by molar-refractivity contribution is 0.686. The van der Waals surface area contributed by atoms with E-state index >= 15 is 0 Å². The van der Waals surface area contributed by atoms with Crippen LogP contribution >= 0.6 is 0 Å². The second-order valence-corrected chi connectivity index (χ2v) is 4.85. The van der Waals surface area contributed by atoms with E-state index in [2.05, 4.69) is 32.2 Å². The van der Waals surface area contributed by atoms with E-state index < -0.39 is 0 Å². The van der Waals surface area contributed by atoms with Crippen molar-refractivity contribution in [2.24, 2.45) is 5.92 Å². The standard InChI is InChI=1S/C13H16N6/c1-8(9-4-5-9)16-13-18-11(17-12(14)19-13)10-3-2-6-15-7-10/h2-3,6-9H,4-5H2,1H3,(H3,14,16,17,18,19)/t8-/m1/s1. The number of nitrogens with one attached hydrogen (secondary N) is 1. The molecule has 2 aromatic heterocycles. The molecule has 0 spiro atoms. The van der Waals surface area contributed by atoms with Crippen LogP contribution in [-0.2, 0) is 0 Å². The lowest BCUT2D eigenvalue weighted by atomic mass is 10.2. The Balaban J connectivity index is 1.87. The van der Waals surface area contributed by atoms with Gasteiger partial charge in [0.1, 0.15) is 0 Å². The van der Waals surface area contributed by atoms with Gasteiger partial charge in [0.15, 0.2) is 5.82 Å². The third-order valence-electron chi connectivity index (χ3n) is 3.26. The summed E-state index contributed by atoms with van der Waals surface area (Å²) in [6.45, 7) is 2.14. The van der Waals surface area contributed by atoms with Crippen LogP contribution in [0.2, 0.25) is 0 Å². The maximum absolute atomic E-state index is 5.74. The largest absolute Gasteiger partial charge is 0.368 e. The number of nitrogens with zero attached hydrogens (tertiary/aromatic N) is 4. The highest BCUT2D eigenvalue weighted by atomic mass is 15.2. The molecule has 0 unspecified atom stereocenters. The molecule has 6 heteroatoms. The molecule has 1 atom stereocenters. The van der Waals surface area contributed by atoms with Crippen molar-refractivity contribution in [3.8, 4) is 11.4 Å². The molecule has 1 aliphatic rings. The average Bonchev–Trinajstić information content (AvgIpc) is 3.23. The molecule has 0 radical (unpaired) electrons. The molecule has 2 aromatic rings. The van der Waals surface area contributed by atoms with E-state index in [1.807, 2.05) is 12.1 Å². The summed E-state index contributed by atoms with van der Waals surface area (Å²) in [5.41, 5.74) is 6.57. The van der Waals surface area contributed by atoms with Crippen molar-refractivity contribution in [1.82, 2.24) is 19.9 Å². The Kier molecular flexibility index (Phi) is 2.98. The highest BCUT2D eigenvalue weighted by Crippen LogP contribution is 2.33. The zero-order chi connectivity index (χ0) is 13.2. The van der Waals surface area contributed by atoms with Crippen molar-refractivity contribution in [1.29, 1.82) is 0 Å². The van der Waals surface area contributed by atoms with Gasteiger partial charge in [0.05, 0.1) is 0 Å². The van der Waals surface area contributed by atoms with Gasteiger partial charge in [-0.2, -0.15) is 15.0 Å². The van der Waals surface area contributed by atoms with Crippen molar-refractivity contribution in [2.75, 3.05) is 11.1 Å². The molecule has 0 bridgehead atoms. The number of anilines is 2. The van der Waals surface area contributed by atoms with Gasteiger partial charge in [0.2, 0.25) is 11.9 Å². The summed E-state index contributed by atoms with van der Waals surface area (Å²) in [7, 11) is 0. The van der Waals surface area contributed by atoms with Gasteiger partial charge in [-0.1, -0.05) is 0 Å². The van der Waals surface area contributed by atoms with Gasteiger partial charge in [-0.25, -0.2) is 0 Å². The summed E-state index contributed by atoms with van der Waals surface area (Å²) in [4.78, 5) is 16.7. The fourth-order valence-corrected chi connectivity index (χ4v) is 2.00. The van der Waals surface area contributed by atoms with Gasteiger partial charge in [-0.15, -0.1) is 0 Å². The first-order valence-corrected chi connectivity index (χ1v) is 6.41. The van der Waals surface area contributed by atoms with Gasteiger partial charge >= 0.3 is 0 Å². The first-order valence-electron chi connectivity index (χ1n) is 6.41. The summed E-state index contributed by atoms with van der Waals surface area (Å²) < 4.78 is 0. The van der Waals surface area contributed by atoms with Crippen LogP contribution in [0.25, 0.3) is 11.4 Å². The molecule has 0 aromatic carbocycles. The minimum atomic E-state index is 0.222. The number of aromatic nitrogens is 4. The molecule has 0 amide bonds. The Hall–Kier alpha value is -2.24. The van der Waals surface area contributed by atoms with Crippen molar-refractivity contribution >= 4 is 11.9 Å². The SMILES string of the molecule is C[C@@H](Nc1nc(N)nc(-c2cccnc2)n1)C1CC1. The molecule has 1 aliphatic carbocycles. The first-order chi connectivity index (χ1) is 9.22. The molecule has 1 fully saturated rings. The molecule has 2 heterocycles. The van der Waals surface area contributed by atoms with E-state index in [1.54, 1.807) is 12.4 Å². The molecule has 19 heavy (non-hydrogen) atoms. The van der Waals surface area contributed by atoms with Gasteiger partial charge in [-0.05, 0) is 37.8 Å². The van der Waals surface area contributed by atoms with Gasteiger partial charge in [0, 0.05) is 24.0 Å². The van der Waals surface area contributed by atoms with Crippen molar-refractivity contribution in [3.05, 3.63) is 24.5 Å². The molecule has 1 saturated carbocycles. The summed E-state index contributed by atoms with van der Waals surface area (Å²) in [5, 5.41) is 3.29. The number of nitrogen functional groups attached to an aromatic ring is 1. The van der Waals surface area contributed by atoms with Crippen LogP contribution in [0, 0.1) is 5.92 Å². The summed E-state index contributed by atoms with van der Waals surface area (Å²) in [6.07, 6.45) is 5.96. The van der Waals surface area contributed by atoms with Crippen LogP contribution in [0.1, 0.15) is 19.8 Å². The zero-order valence-electron chi connectivity index (χ0n) is 10.7. The second kappa shape index (κ2) is 4.79. The smallest absolute Gasteiger partial charge is 0.228 e. The van der Waals surface area contributed by atoms with Gasteiger partial charge in [-0.3, -0.25) is 4.98 Å². The van der Waals surface area contributed by atoms with Crippen LogP contribution in [0.15, 0.2) is 24.5 Å². The normalized spacial score (nSPS) is 16.1. The minimum Gasteiger partial charge on any atom is -0.368 e. The van der Waals surface area contributed by atoms with Crippen LogP contribution in [0.3, 0.4) is 0 Å². The van der Waals surface area contributed by atoms with Gasteiger partial charge in [0.25, 0.3) is 0 Å². The monoisotopic (exact) mass is 256 g/mol. The first kappa shape index (κ1) is 11.8. The van der Waals surface area contributed by atoms with E-state index in [9.17, 15) is 0 Å². The fourth-order valence-electron chi connectivity index (χ4n) is 2.00. The summed E-state index contributed by atoms with van der Waals surface area (Å²) in [5.74, 6) is 2.02. The Morgan fingerprint density at radius 3 is 2.84 bits per heavy atom. The number of rotatable bonds is 4. The maximum Gasteiger partial charge on any atom is 0.228 e. The molecule has 6 nitrogen and oxygen atoms in total. The van der Waals surface area contributed by atoms with E-state index in [0.29, 0.717) is 17.8 Å². The van der Waals surface area contributed by atoms with E-state index in [4.69, 9.17) is 5.73 Å². The minimum absolute atomic E-state index is 0.222. The molecule has 0 aliphatic heterocycles. The Labute approximate surface area is 111 Å². The number of nitrogens with two attached hydrogens (primary N) is 1. The van der Waals surface area contributed by atoms with Crippen molar-refractivity contribution in [3.63, 3.8) is 0 Å². The second-order valence-electron chi connectivity index (χ2n) is 4.85. The topological polar surface area (TPSA) is 89.6 Å². The average molecular weight is 256 g/mol. The Morgan fingerprint density at radius 2 is 2.16 bits per heavy atom. The highest BCUT2D eigenvalue weighted by Gasteiger charge is 2.28. The molecule has 0 saturated heterocycles. The van der Waals surface area contributed by atoms with Crippen molar-refractivity contribution in [2.45, 2.75) is 25.8 Å². The van der Waals surface area contributed by atoms with Crippen LogP contribution < -0.4 is 11.1 Å². The molecular formula is C13H16N6. The van der Waals surface area contributed by atoms with E-state index in [-0.39, 0.29) is 5.95 Å².